The molecule has 0 aliphatic rings. The molecule has 2 aromatic heterocycles. The Hall–Kier alpha value is -2.13. The summed E-state index contributed by atoms with van der Waals surface area (Å²) < 4.78 is 3.33. The third kappa shape index (κ3) is 1.60. The van der Waals surface area contributed by atoms with Crippen LogP contribution in [0.25, 0.3) is 27.6 Å². The number of rotatable bonds is 1. The second-order valence-corrected chi connectivity index (χ2v) is 5.53. The summed E-state index contributed by atoms with van der Waals surface area (Å²) in [6, 6.07) is 20.7. The summed E-state index contributed by atoms with van der Waals surface area (Å²) in [5, 5.41) is 1.17. The van der Waals surface area contributed by atoms with Gasteiger partial charge >= 0.3 is 0 Å². The molecule has 0 bridgehead atoms. The first-order chi connectivity index (χ1) is 9.86. The van der Waals surface area contributed by atoms with Gasteiger partial charge in [-0.05, 0) is 46.3 Å². The highest BCUT2D eigenvalue weighted by Gasteiger charge is 2.14. The molecule has 0 unspecified atom stereocenters. The van der Waals surface area contributed by atoms with E-state index in [9.17, 15) is 0 Å². The van der Waals surface area contributed by atoms with E-state index in [0.717, 1.165) is 26.7 Å². The third-order valence-electron chi connectivity index (χ3n) is 3.51. The van der Waals surface area contributed by atoms with Gasteiger partial charge in [-0.1, -0.05) is 30.3 Å². The number of para-hydroxylation sites is 2. The van der Waals surface area contributed by atoms with E-state index in [1.54, 1.807) is 0 Å². The van der Waals surface area contributed by atoms with Crippen LogP contribution in [0.3, 0.4) is 0 Å². The summed E-state index contributed by atoms with van der Waals surface area (Å²) in [6.45, 7) is 0. The Balaban J connectivity index is 2.27. The molecule has 20 heavy (non-hydrogen) atoms. The minimum Gasteiger partial charge on any atom is -0.306 e. The van der Waals surface area contributed by atoms with Gasteiger partial charge in [-0.3, -0.25) is 4.98 Å². The fourth-order valence-electron chi connectivity index (χ4n) is 2.68. The molecule has 2 aromatic carbocycles. The second kappa shape index (κ2) is 4.46. The third-order valence-corrected chi connectivity index (χ3v) is 4.15. The lowest BCUT2D eigenvalue weighted by Crippen LogP contribution is -1.93. The minimum absolute atomic E-state index is 1.03. The predicted molar refractivity (Wildman–Crippen MR) is 86.3 cm³/mol. The number of fused-ring (bicyclic) bond motifs is 3. The zero-order chi connectivity index (χ0) is 13.5. The van der Waals surface area contributed by atoms with Gasteiger partial charge in [-0.25, -0.2) is 0 Å². The summed E-state index contributed by atoms with van der Waals surface area (Å²) in [7, 11) is 0. The average Bonchev–Trinajstić information content (AvgIpc) is 2.84. The molecule has 0 aliphatic heterocycles. The molecule has 2 heterocycles. The number of nitrogens with zero attached hydrogens (tertiary/aromatic N) is 2. The molecule has 0 amide bonds. The first-order valence-electron chi connectivity index (χ1n) is 6.45. The van der Waals surface area contributed by atoms with Crippen LogP contribution < -0.4 is 0 Å². The van der Waals surface area contributed by atoms with Crippen molar-refractivity contribution >= 4 is 37.9 Å². The van der Waals surface area contributed by atoms with Gasteiger partial charge in [0.2, 0.25) is 0 Å². The zero-order valence-electron chi connectivity index (χ0n) is 10.6. The van der Waals surface area contributed by atoms with E-state index in [0.29, 0.717) is 0 Å². The number of benzene rings is 2. The molecule has 0 atom stereocenters. The Morgan fingerprint density at radius 1 is 0.850 bits per heavy atom. The van der Waals surface area contributed by atoms with Gasteiger partial charge in [-0.15, -0.1) is 0 Å². The quantitative estimate of drug-likeness (QED) is 0.485. The molecule has 0 radical (unpaired) electrons. The molecule has 0 N–H and O–H groups in total. The van der Waals surface area contributed by atoms with E-state index >= 15 is 0 Å². The minimum atomic E-state index is 1.03. The Bertz CT molecular complexity index is 910. The number of pyridine rings is 1. The Morgan fingerprint density at radius 2 is 1.70 bits per heavy atom. The topological polar surface area (TPSA) is 17.8 Å². The normalized spacial score (nSPS) is 11.2. The lowest BCUT2D eigenvalue weighted by atomic mass is 10.2. The summed E-state index contributed by atoms with van der Waals surface area (Å²) >= 11 is 3.67. The van der Waals surface area contributed by atoms with Gasteiger partial charge in [0.25, 0.3) is 0 Å². The SMILES string of the molecule is Brc1cccc2c3ncccc3n(-c3ccccc3)c12. The van der Waals surface area contributed by atoms with Crippen LogP contribution in [0, 0.1) is 0 Å². The first-order valence-corrected chi connectivity index (χ1v) is 7.24. The van der Waals surface area contributed by atoms with Crippen LogP contribution in [0.4, 0.5) is 0 Å². The standard InChI is InChI=1S/C17H11BrN2/c18-14-9-4-8-13-16-15(10-5-11-19-16)20(17(13)14)12-6-2-1-3-7-12/h1-11H. The lowest BCUT2D eigenvalue weighted by Gasteiger charge is -2.08. The highest BCUT2D eigenvalue weighted by Crippen LogP contribution is 2.34. The maximum atomic E-state index is 4.55. The van der Waals surface area contributed by atoms with Crippen LogP contribution in [0.15, 0.2) is 71.3 Å². The van der Waals surface area contributed by atoms with Crippen LogP contribution >= 0.6 is 15.9 Å². The summed E-state index contributed by atoms with van der Waals surface area (Å²) in [5.74, 6) is 0. The van der Waals surface area contributed by atoms with Crippen molar-refractivity contribution in [1.29, 1.82) is 0 Å². The highest BCUT2D eigenvalue weighted by molar-refractivity contribution is 9.10. The summed E-state index contributed by atoms with van der Waals surface area (Å²) in [5.41, 5.74) is 4.47. The van der Waals surface area contributed by atoms with Crippen LogP contribution in [-0.2, 0) is 0 Å². The smallest absolute Gasteiger partial charge is 0.0963 e. The van der Waals surface area contributed by atoms with Crippen LogP contribution in [0.2, 0.25) is 0 Å². The molecule has 4 aromatic rings. The monoisotopic (exact) mass is 322 g/mol. The second-order valence-electron chi connectivity index (χ2n) is 4.68. The van der Waals surface area contributed by atoms with Crippen molar-refractivity contribution in [3.05, 3.63) is 71.3 Å². The van der Waals surface area contributed by atoms with Gasteiger partial charge in [0, 0.05) is 21.7 Å². The largest absolute Gasteiger partial charge is 0.306 e. The number of halogens is 1. The van der Waals surface area contributed by atoms with Crippen molar-refractivity contribution in [2.24, 2.45) is 0 Å². The fraction of sp³-hybridized carbons (Fsp3) is 0. The maximum absolute atomic E-state index is 4.55. The maximum Gasteiger partial charge on any atom is 0.0963 e. The summed E-state index contributed by atoms with van der Waals surface area (Å²) in [4.78, 5) is 4.55. The molecule has 0 saturated carbocycles. The van der Waals surface area contributed by atoms with E-state index in [4.69, 9.17) is 0 Å². The van der Waals surface area contributed by atoms with Crippen molar-refractivity contribution in [2.45, 2.75) is 0 Å². The molecule has 0 aliphatic carbocycles. The van der Waals surface area contributed by atoms with Crippen molar-refractivity contribution < 1.29 is 0 Å². The Labute approximate surface area is 124 Å². The van der Waals surface area contributed by atoms with Crippen LogP contribution in [0.1, 0.15) is 0 Å². The van der Waals surface area contributed by atoms with Gasteiger partial charge in [0.15, 0.2) is 0 Å². The van der Waals surface area contributed by atoms with Gasteiger partial charge in [0.1, 0.15) is 0 Å². The predicted octanol–water partition coefficient (Wildman–Crippen LogP) is 4.94. The van der Waals surface area contributed by atoms with Gasteiger partial charge in [0.05, 0.1) is 16.6 Å². The number of hydrogen-bond donors (Lipinski definition) is 0. The molecule has 96 valence electrons. The first kappa shape index (κ1) is 11.7. The molecular formula is C17H11BrN2. The number of aromatic nitrogens is 2. The number of hydrogen-bond acceptors (Lipinski definition) is 1. The van der Waals surface area contributed by atoms with E-state index in [2.05, 4.69) is 74.0 Å². The Morgan fingerprint density at radius 3 is 2.55 bits per heavy atom. The van der Waals surface area contributed by atoms with E-state index < -0.39 is 0 Å². The molecule has 0 fully saturated rings. The zero-order valence-corrected chi connectivity index (χ0v) is 12.2. The molecule has 0 spiro atoms. The van der Waals surface area contributed by atoms with Crippen molar-refractivity contribution in [3.63, 3.8) is 0 Å². The van der Waals surface area contributed by atoms with E-state index in [1.807, 2.05) is 18.3 Å². The molecule has 0 saturated heterocycles. The molecule has 3 heteroatoms. The van der Waals surface area contributed by atoms with Crippen molar-refractivity contribution in [1.82, 2.24) is 9.55 Å². The lowest BCUT2D eigenvalue weighted by molar-refractivity contribution is 1.17. The van der Waals surface area contributed by atoms with Gasteiger partial charge in [-0.2, -0.15) is 0 Å². The Kier molecular flexibility index (Phi) is 2.60. The van der Waals surface area contributed by atoms with Gasteiger partial charge < -0.3 is 4.57 Å². The van der Waals surface area contributed by atoms with Crippen LogP contribution in [-0.4, -0.2) is 9.55 Å². The fourth-order valence-corrected chi connectivity index (χ4v) is 3.23. The molecule has 4 rings (SSSR count). The van der Waals surface area contributed by atoms with Crippen LogP contribution in [0.5, 0.6) is 0 Å². The highest BCUT2D eigenvalue weighted by atomic mass is 79.9. The van der Waals surface area contributed by atoms with Crippen molar-refractivity contribution in [2.75, 3.05) is 0 Å². The van der Waals surface area contributed by atoms with E-state index in [1.165, 1.54) is 5.39 Å². The van der Waals surface area contributed by atoms with E-state index in [-0.39, 0.29) is 0 Å². The summed E-state index contributed by atoms with van der Waals surface area (Å²) in [6.07, 6.45) is 1.85. The molecular weight excluding hydrogens is 312 g/mol. The molecule has 2 nitrogen and oxygen atoms in total. The van der Waals surface area contributed by atoms with Crippen molar-refractivity contribution in [3.8, 4) is 5.69 Å². The average molecular weight is 323 g/mol.